The Morgan fingerprint density at radius 1 is 1.30 bits per heavy atom. The van der Waals surface area contributed by atoms with Gasteiger partial charge in [-0.3, -0.25) is 0 Å². The molecule has 33 heavy (non-hydrogen) atoms. The molecule has 2 rings (SSSR count). The fourth-order valence-electron chi connectivity index (χ4n) is 2.70. The van der Waals surface area contributed by atoms with Crippen molar-refractivity contribution in [3.8, 4) is 11.5 Å². The molecule has 0 aliphatic heterocycles. The standard InChI is InChI=1S/C23H39N7O2Si/c1-17(15-19(3)31-7)13-14-24-26-21-12-10-11-20(25-21)22-27-28-29-30(22)18(2)16-32-33(8,9)23(4,5)6/h10-12,15,18,24H,1,13-14,16H2,2-9H3,(H,25,26)/b19-15+/t18-/m1/s1. The van der Waals surface area contributed by atoms with Crippen LogP contribution in [0.25, 0.3) is 11.5 Å². The lowest BCUT2D eigenvalue weighted by Gasteiger charge is -2.36. The van der Waals surface area contributed by atoms with Crippen molar-refractivity contribution in [1.29, 1.82) is 0 Å². The summed E-state index contributed by atoms with van der Waals surface area (Å²) < 4.78 is 13.3. The highest BCUT2D eigenvalue weighted by Gasteiger charge is 2.37. The summed E-state index contributed by atoms with van der Waals surface area (Å²) in [6.45, 7) is 20.4. The van der Waals surface area contributed by atoms with Crippen LogP contribution in [0.15, 0.2) is 42.2 Å². The van der Waals surface area contributed by atoms with Crippen molar-refractivity contribution in [2.45, 2.75) is 65.2 Å². The van der Waals surface area contributed by atoms with Crippen LogP contribution in [0.3, 0.4) is 0 Å². The third kappa shape index (κ3) is 7.76. The lowest BCUT2D eigenvalue weighted by molar-refractivity contribution is 0.229. The maximum atomic E-state index is 6.37. The minimum absolute atomic E-state index is 0.0183. The van der Waals surface area contributed by atoms with E-state index in [1.165, 1.54) is 0 Å². The lowest BCUT2D eigenvalue weighted by atomic mass is 10.2. The second-order valence-corrected chi connectivity index (χ2v) is 14.5. The predicted octanol–water partition coefficient (Wildman–Crippen LogP) is 4.73. The number of nitrogens with one attached hydrogen (secondary N) is 2. The lowest BCUT2D eigenvalue weighted by Crippen LogP contribution is -2.42. The van der Waals surface area contributed by atoms with Gasteiger partial charge in [0.1, 0.15) is 11.5 Å². The highest BCUT2D eigenvalue weighted by Crippen LogP contribution is 2.37. The second kappa shape index (κ2) is 11.5. The Kier molecular flexibility index (Phi) is 9.32. The summed E-state index contributed by atoms with van der Waals surface area (Å²) in [5.41, 5.74) is 7.97. The van der Waals surface area contributed by atoms with Crippen LogP contribution in [-0.4, -0.2) is 53.8 Å². The van der Waals surface area contributed by atoms with Crippen molar-refractivity contribution < 1.29 is 9.16 Å². The maximum Gasteiger partial charge on any atom is 0.201 e. The van der Waals surface area contributed by atoms with Crippen molar-refractivity contribution >= 4 is 14.1 Å². The van der Waals surface area contributed by atoms with Gasteiger partial charge in [0, 0.05) is 6.54 Å². The number of aromatic nitrogens is 5. The van der Waals surface area contributed by atoms with E-state index < -0.39 is 8.32 Å². The van der Waals surface area contributed by atoms with Gasteiger partial charge in [0.15, 0.2) is 8.32 Å². The van der Waals surface area contributed by atoms with Crippen LogP contribution in [0.1, 0.15) is 47.1 Å². The third-order valence-electron chi connectivity index (χ3n) is 5.90. The highest BCUT2D eigenvalue weighted by atomic mass is 28.4. The number of anilines is 1. The van der Waals surface area contributed by atoms with Gasteiger partial charge in [0.25, 0.3) is 0 Å². The molecular formula is C23H39N7O2Si. The smallest absolute Gasteiger partial charge is 0.201 e. The molecule has 2 aromatic rings. The summed E-state index contributed by atoms with van der Waals surface area (Å²) in [7, 11) is -0.208. The molecule has 2 N–H and O–H groups in total. The minimum atomic E-state index is -1.86. The molecule has 0 unspecified atom stereocenters. The van der Waals surface area contributed by atoms with Crippen molar-refractivity contribution in [2.75, 3.05) is 25.7 Å². The van der Waals surface area contributed by atoms with Gasteiger partial charge in [-0.2, -0.15) is 0 Å². The van der Waals surface area contributed by atoms with Crippen molar-refractivity contribution in [1.82, 2.24) is 30.6 Å². The largest absolute Gasteiger partial charge is 0.501 e. The Hall–Kier alpha value is -2.56. The molecule has 0 aromatic carbocycles. The van der Waals surface area contributed by atoms with E-state index in [-0.39, 0.29) is 11.1 Å². The molecular weight excluding hydrogens is 434 g/mol. The van der Waals surface area contributed by atoms with E-state index in [1.54, 1.807) is 11.8 Å². The van der Waals surface area contributed by atoms with Gasteiger partial charge in [-0.25, -0.2) is 15.1 Å². The molecule has 0 fully saturated rings. The van der Waals surface area contributed by atoms with E-state index in [0.29, 0.717) is 30.5 Å². The van der Waals surface area contributed by atoms with Gasteiger partial charge >= 0.3 is 0 Å². The monoisotopic (exact) mass is 473 g/mol. The third-order valence-corrected chi connectivity index (χ3v) is 10.4. The number of hydrogen-bond acceptors (Lipinski definition) is 8. The molecule has 0 aliphatic carbocycles. The van der Waals surface area contributed by atoms with Crippen LogP contribution in [0.5, 0.6) is 0 Å². The van der Waals surface area contributed by atoms with Gasteiger partial charge in [-0.1, -0.05) is 39.0 Å². The van der Waals surface area contributed by atoms with Crippen LogP contribution < -0.4 is 10.9 Å². The summed E-state index contributed by atoms with van der Waals surface area (Å²) in [6.07, 6.45) is 2.70. The van der Waals surface area contributed by atoms with Crippen molar-refractivity contribution in [3.63, 3.8) is 0 Å². The van der Waals surface area contributed by atoms with Gasteiger partial charge in [0.2, 0.25) is 5.82 Å². The van der Waals surface area contributed by atoms with E-state index in [2.05, 4.69) is 78.7 Å². The summed E-state index contributed by atoms with van der Waals surface area (Å²) >= 11 is 0. The molecule has 9 nitrogen and oxygen atoms in total. The number of rotatable bonds is 12. The molecule has 0 bridgehead atoms. The summed E-state index contributed by atoms with van der Waals surface area (Å²) in [4.78, 5) is 4.66. The van der Waals surface area contributed by atoms with Crippen LogP contribution >= 0.6 is 0 Å². The van der Waals surface area contributed by atoms with Gasteiger partial charge in [-0.15, -0.1) is 5.10 Å². The van der Waals surface area contributed by atoms with E-state index in [4.69, 9.17) is 9.16 Å². The summed E-state index contributed by atoms with van der Waals surface area (Å²) in [5.74, 6) is 2.13. The molecule has 0 amide bonds. The predicted molar refractivity (Wildman–Crippen MR) is 135 cm³/mol. The molecule has 182 valence electrons. The van der Waals surface area contributed by atoms with Crippen LogP contribution in [-0.2, 0) is 9.16 Å². The Morgan fingerprint density at radius 3 is 2.70 bits per heavy atom. The molecule has 2 heterocycles. The number of methoxy groups -OCH3 is 1. The number of hydrogen-bond donors (Lipinski definition) is 2. The quantitative estimate of drug-likeness (QED) is 0.150. The van der Waals surface area contributed by atoms with E-state index in [0.717, 1.165) is 17.8 Å². The van der Waals surface area contributed by atoms with E-state index in [1.807, 2.05) is 31.2 Å². The van der Waals surface area contributed by atoms with Crippen LogP contribution in [0, 0.1) is 0 Å². The van der Waals surface area contributed by atoms with E-state index >= 15 is 0 Å². The SMILES string of the molecule is C=C(/C=C(\C)OC)CCNNc1cccc(-c2nnnn2[C@H](C)CO[Si](C)(C)C(C)(C)C)n1. The Balaban J connectivity index is 1.99. The van der Waals surface area contributed by atoms with Crippen LogP contribution in [0.4, 0.5) is 5.82 Å². The Morgan fingerprint density at radius 2 is 2.03 bits per heavy atom. The van der Waals surface area contributed by atoms with Gasteiger partial charge in [0.05, 0.1) is 25.5 Å². The molecule has 0 spiro atoms. The number of nitrogens with zero attached hydrogens (tertiary/aromatic N) is 5. The minimum Gasteiger partial charge on any atom is -0.501 e. The second-order valence-electron chi connectivity index (χ2n) is 9.69. The zero-order valence-electron chi connectivity index (χ0n) is 21.3. The van der Waals surface area contributed by atoms with Crippen molar-refractivity contribution in [3.05, 3.63) is 42.2 Å². The number of ether oxygens (including phenoxy) is 1. The first-order valence-electron chi connectivity index (χ1n) is 11.2. The number of tetrazole rings is 1. The Bertz CT molecular complexity index is 950. The maximum absolute atomic E-state index is 6.37. The molecule has 0 aliphatic rings. The Labute approximate surface area is 198 Å². The average molecular weight is 474 g/mol. The zero-order chi connectivity index (χ0) is 24.6. The summed E-state index contributed by atoms with van der Waals surface area (Å²) in [5, 5.41) is 12.4. The molecule has 0 saturated heterocycles. The molecule has 10 heteroatoms. The highest BCUT2D eigenvalue weighted by molar-refractivity contribution is 6.74. The fourth-order valence-corrected chi connectivity index (χ4v) is 3.79. The first-order chi connectivity index (χ1) is 15.4. The first-order valence-corrected chi connectivity index (χ1v) is 14.1. The van der Waals surface area contributed by atoms with Gasteiger partial charge < -0.3 is 14.6 Å². The first kappa shape index (κ1) is 26.7. The van der Waals surface area contributed by atoms with Crippen molar-refractivity contribution in [2.24, 2.45) is 0 Å². The average Bonchev–Trinajstić information content (AvgIpc) is 3.24. The molecule has 0 saturated carbocycles. The zero-order valence-corrected chi connectivity index (χ0v) is 22.3. The normalized spacial score (nSPS) is 13.6. The molecule has 1 atom stereocenters. The fraction of sp³-hybridized carbons (Fsp3) is 0.565. The van der Waals surface area contributed by atoms with Gasteiger partial charge in [-0.05, 0) is 67.0 Å². The van der Waals surface area contributed by atoms with E-state index in [9.17, 15) is 0 Å². The topological polar surface area (TPSA) is 99.0 Å². The summed E-state index contributed by atoms with van der Waals surface area (Å²) in [6, 6.07) is 5.69. The molecule has 2 aromatic heterocycles. The van der Waals surface area contributed by atoms with Crippen LogP contribution in [0.2, 0.25) is 18.1 Å². The number of pyridine rings is 1. The number of hydrazine groups is 1. The molecule has 0 radical (unpaired) electrons. The number of allylic oxidation sites excluding steroid dienone is 2.